The Kier molecular flexibility index (Phi) is 4.51. The van der Waals surface area contributed by atoms with Gasteiger partial charge in [-0.05, 0) is 41.7 Å². The largest absolute Gasteiger partial charge is 0.336 e. The Labute approximate surface area is 177 Å². The average Bonchev–Trinajstić information content (AvgIpc) is 3.27. The Bertz CT molecular complexity index is 948. The smallest absolute Gasteiger partial charge is 0.246 e. The summed E-state index contributed by atoms with van der Waals surface area (Å²) in [4.78, 5) is 29.7. The summed E-state index contributed by atoms with van der Waals surface area (Å²) in [5.41, 5.74) is 3.67. The summed E-state index contributed by atoms with van der Waals surface area (Å²) in [6.45, 7) is 1.37. The van der Waals surface area contributed by atoms with Crippen LogP contribution in [0, 0.1) is 0 Å². The normalized spacial score (nSPS) is 26.3. The van der Waals surface area contributed by atoms with Gasteiger partial charge in [0.1, 0.15) is 10.9 Å². The summed E-state index contributed by atoms with van der Waals surface area (Å²) >= 11 is 5.24. The SMILES string of the molecule is O=C([C@@H]1CS[C@]2(c3ccc(Br)cc3)CCC(=O)N12)N1CCc2ccccc2C1. The summed E-state index contributed by atoms with van der Waals surface area (Å²) in [6, 6.07) is 16.1. The molecular weight excluding hydrogens is 436 g/mol. The highest BCUT2D eigenvalue weighted by Crippen LogP contribution is 2.54. The topological polar surface area (TPSA) is 40.6 Å². The van der Waals surface area contributed by atoms with Gasteiger partial charge in [-0.3, -0.25) is 9.59 Å². The summed E-state index contributed by atoms with van der Waals surface area (Å²) in [5.74, 6) is 0.860. The molecule has 0 aromatic heterocycles. The highest BCUT2D eigenvalue weighted by atomic mass is 79.9. The molecule has 6 heteroatoms. The number of hydrogen-bond acceptors (Lipinski definition) is 3. The second-order valence-corrected chi connectivity index (χ2v) is 9.87. The second kappa shape index (κ2) is 6.92. The predicted molar refractivity (Wildman–Crippen MR) is 114 cm³/mol. The van der Waals surface area contributed by atoms with Gasteiger partial charge in [0.15, 0.2) is 0 Å². The number of carbonyl (C=O) groups is 2. The van der Waals surface area contributed by atoms with E-state index in [0.29, 0.717) is 18.7 Å². The Balaban J connectivity index is 1.43. The van der Waals surface area contributed by atoms with Crippen LogP contribution in [0.1, 0.15) is 29.5 Å². The van der Waals surface area contributed by atoms with Crippen LogP contribution in [0.5, 0.6) is 0 Å². The zero-order chi connectivity index (χ0) is 19.3. The molecule has 2 fully saturated rings. The lowest BCUT2D eigenvalue weighted by Crippen LogP contribution is -2.52. The van der Waals surface area contributed by atoms with Crippen LogP contribution < -0.4 is 0 Å². The summed E-state index contributed by atoms with van der Waals surface area (Å²) in [5, 5.41) is 0. The Hall–Kier alpha value is -1.79. The van der Waals surface area contributed by atoms with Gasteiger partial charge in [-0.25, -0.2) is 0 Å². The average molecular weight is 457 g/mol. The zero-order valence-corrected chi connectivity index (χ0v) is 17.8. The molecular formula is C22H21BrN2O2S. The van der Waals surface area contributed by atoms with E-state index in [-0.39, 0.29) is 17.9 Å². The maximum absolute atomic E-state index is 13.4. The van der Waals surface area contributed by atoms with Crippen LogP contribution in [-0.2, 0) is 27.4 Å². The quantitative estimate of drug-likeness (QED) is 0.687. The minimum absolute atomic E-state index is 0.0937. The van der Waals surface area contributed by atoms with Gasteiger partial charge in [-0.15, -0.1) is 11.8 Å². The fraction of sp³-hybridized carbons (Fsp3) is 0.364. The number of halogens is 1. The molecule has 2 aromatic carbocycles. The molecule has 4 nitrogen and oxygen atoms in total. The number of thioether (sulfide) groups is 1. The number of hydrogen-bond donors (Lipinski definition) is 0. The van der Waals surface area contributed by atoms with Crippen LogP contribution in [0.25, 0.3) is 0 Å². The summed E-state index contributed by atoms with van der Waals surface area (Å²) in [7, 11) is 0. The Morgan fingerprint density at radius 3 is 2.61 bits per heavy atom. The van der Waals surface area contributed by atoms with Crippen LogP contribution in [0.15, 0.2) is 53.0 Å². The van der Waals surface area contributed by atoms with E-state index in [0.717, 1.165) is 29.4 Å². The predicted octanol–water partition coefficient (Wildman–Crippen LogP) is 3.92. The highest BCUT2D eigenvalue weighted by molar-refractivity contribution is 9.10. The van der Waals surface area contributed by atoms with Gasteiger partial charge in [0.05, 0.1) is 0 Å². The molecule has 144 valence electrons. The molecule has 28 heavy (non-hydrogen) atoms. The Morgan fingerprint density at radius 2 is 1.82 bits per heavy atom. The van der Waals surface area contributed by atoms with Crippen LogP contribution in [0.4, 0.5) is 0 Å². The van der Waals surface area contributed by atoms with Crippen LogP contribution >= 0.6 is 27.7 Å². The van der Waals surface area contributed by atoms with Crippen molar-refractivity contribution in [2.45, 2.75) is 36.7 Å². The van der Waals surface area contributed by atoms with Gasteiger partial charge in [-0.2, -0.15) is 0 Å². The molecule has 0 saturated carbocycles. The van der Waals surface area contributed by atoms with E-state index in [9.17, 15) is 9.59 Å². The van der Waals surface area contributed by atoms with E-state index in [1.807, 2.05) is 28.0 Å². The lowest BCUT2D eigenvalue weighted by molar-refractivity contribution is -0.144. The molecule has 0 aliphatic carbocycles. The van der Waals surface area contributed by atoms with Crippen molar-refractivity contribution in [2.75, 3.05) is 12.3 Å². The second-order valence-electron chi connectivity index (χ2n) is 7.66. The molecule has 3 aliphatic heterocycles. The fourth-order valence-electron chi connectivity index (χ4n) is 4.73. The minimum Gasteiger partial charge on any atom is -0.336 e. The fourth-order valence-corrected chi connectivity index (χ4v) is 6.64. The van der Waals surface area contributed by atoms with E-state index in [1.54, 1.807) is 11.8 Å². The highest BCUT2D eigenvalue weighted by Gasteiger charge is 2.57. The maximum Gasteiger partial charge on any atom is 0.246 e. The van der Waals surface area contributed by atoms with E-state index in [1.165, 1.54) is 11.1 Å². The molecule has 2 atom stereocenters. The third-order valence-corrected chi connectivity index (χ3v) is 8.28. The number of benzene rings is 2. The Morgan fingerprint density at radius 1 is 1.07 bits per heavy atom. The van der Waals surface area contributed by atoms with Crippen molar-refractivity contribution in [2.24, 2.45) is 0 Å². The lowest BCUT2D eigenvalue weighted by atomic mass is 9.99. The monoisotopic (exact) mass is 456 g/mol. The van der Waals surface area contributed by atoms with Gasteiger partial charge in [0.25, 0.3) is 0 Å². The van der Waals surface area contributed by atoms with Crippen molar-refractivity contribution in [3.8, 4) is 0 Å². The zero-order valence-electron chi connectivity index (χ0n) is 15.4. The van der Waals surface area contributed by atoms with Gasteiger partial charge in [0, 0.05) is 29.7 Å². The molecule has 0 N–H and O–H groups in total. The first kappa shape index (κ1) is 18.3. The van der Waals surface area contributed by atoms with Crippen molar-refractivity contribution in [1.29, 1.82) is 0 Å². The van der Waals surface area contributed by atoms with Gasteiger partial charge in [0.2, 0.25) is 11.8 Å². The maximum atomic E-state index is 13.4. The van der Waals surface area contributed by atoms with Gasteiger partial charge < -0.3 is 9.80 Å². The summed E-state index contributed by atoms with van der Waals surface area (Å²) in [6.07, 6.45) is 2.16. The molecule has 2 amide bonds. The van der Waals surface area contributed by atoms with Gasteiger partial charge in [-0.1, -0.05) is 52.3 Å². The minimum atomic E-state index is -0.397. The van der Waals surface area contributed by atoms with E-state index in [2.05, 4.69) is 46.3 Å². The number of nitrogens with zero attached hydrogens (tertiary/aromatic N) is 2. The number of fused-ring (bicyclic) bond motifs is 2. The first-order valence-corrected chi connectivity index (χ1v) is 11.4. The van der Waals surface area contributed by atoms with Crippen LogP contribution in [0.3, 0.4) is 0 Å². The molecule has 0 radical (unpaired) electrons. The standard InChI is InChI=1S/C22H21BrN2O2S/c23-18-7-5-17(6-8-18)22-11-9-20(26)25(22)19(14-28-22)21(27)24-12-10-15-3-1-2-4-16(15)13-24/h1-8,19H,9-14H2/t19-,22-/m0/s1. The van der Waals surface area contributed by atoms with Crippen molar-refractivity contribution < 1.29 is 9.59 Å². The molecule has 0 bridgehead atoms. The first-order chi connectivity index (χ1) is 13.6. The lowest BCUT2D eigenvalue weighted by Gasteiger charge is -2.37. The van der Waals surface area contributed by atoms with E-state index in [4.69, 9.17) is 0 Å². The van der Waals surface area contributed by atoms with Crippen molar-refractivity contribution in [3.05, 3.63) is 69.7 Å². The van der Waals surface area contributed by atoms with Crippen molar-refractivity contribution in [1.82, 2.24) is 9.80 Å². The van der Waals surface area contributed by atoms with Crippen LogP contribution in [-0.4, -0.2) is 40.0 Å². The van der Waals surface area contributed by atoms with Crippen LogP contribution in [0.2, 0.25) is 0 Å². The molecule has 0 spiro atoms. The first-order valence-electron chi connectivity index (χ1n) is 9.66. The van der Waals surface area contributed by atoms with Crippen molar-refractivity contribution in [3.63, 3.8) is 0 Å². The number of rotatable bonds is 2. The summed E-state index contributed by atoms with van der Waals surface area (Å²) < 4.78 is 1.02. The third-order valence-electron chi connectivity index (χ3n) is 6.15. The molecule has 5 rings (SSSR count). The molecule has 3 heterocycles. The third kappa shape index (κ3) is 2.80. The number of carbonyl (C=O) groups excluding carboxylic acids is 2. The van der Waals surface area contributed by atoms with E-state index < -0.39 is 4.87 Å². The molecule has 0 unspecified atom stereocenters. The molecule has 3 aliphatic rings. The van der Waals surface area contributed by atoms with E-state index >= 15 is 0 Å². The van der Waals surface area contributed by atoms with Gasteiger partial charge >= 0.3 is 0 Å². The molecule has 2 aromatic rings. The van der Waals surface area contributed by atoms with Crippen molar-refractivity contribution >= 4 is 39.5 Å². The molecule has 2 saturated heterocycles. The number of amides is 2.